The summed E-state index contributed by atoms with van der Waals surface area (Å²) in [4.78, 5) is 30.1. The molecule has 1 aliphatic carbocycles. The maximum atomic E-state index is 13.0. The van der Waals surface area contributed by atoms with Crippen LogP contribution >= 0.6 is 23.4 Å². The summed E-state index contributed by atoms with van der Waals surface area (Å²) in [6.45, 7) is 6.88. The van der Waals surface area contributed by atoms with Gasteiger partial charge in [0.25, 0.3) is 5.56 Å². The van der Waals surface area contributed by atoms with E-state index in [9.17, 15) is 9.59 Å². The fourth-order valence-corrected chi connectivity index (χ4v) is 4.71. The van der Waals surface area contributed by atoms with E-state index in [1.807, 2.05) is 0 Å². The van der Waals surface area contributed by atoms with Crippen LogP contribution in [0, 0.1) is 11.8 Å². The van der Waals surface area contributed by atoms with Crippen molar-refractivity contribution in [2.75, 3.05) is 5.75 Å². The van der Waals surface area contributed by atoms with Crippen LogP contribution in [-0.2, 0) is 11.3 Å². The van der Waals surface area contributed by atoms with Crippen molar-refractivity contribution in [1.82, 2.24) is 14.9 Å². The maximum Gasteiger partial charge on any atom is 0.262 e. The largest absolute Gasteiger partial charge is 0.352 e. The number of amides is 1. The van der Waals surface area contributed by atoms with Gasteiger partial charge in [0.05, 0.1) is 16.7 Å². The Kier molecular flexibility index (Phi) is 7.05. The summed E-state index contributed by atoms with van der Waals surface area (Å²) in [5.41, 5.74) is 0.487. The molecule has 1 saturated carbocycles. The van der Waals surface area contributed by atoms with E-state index in [4.69, 9.17) is 11.6 Å². The van der Waals surface area contributed by atoms with Gasteiger partial charge in [0.15, 0.2) is 5.16 Å². The lowest BCUT2D eigenvalue weighted by molar-refractivity contribution is -0.119. The van der Waals surface area contributed by atoms with Crippen molar-refractivity contribution >= 4 is 40.2 Å². The van der Waals surface area contributed by atoms with Crippen LogP contribution < -0.4 is 10.9 Å². The Morgan fingerprint density at radius 3 is 2.82 bits per heavy atom. The fraction of sp³-hybridized carbons (Fsp3) is 0.571. The molecule has 28 heavy (non-hydrogen) atoms. The molecule has 1 aliphatic rings. The molecule has 152 valence electrons. The van der Waals surface area contributed by atoms with Gasteiger partial charge < -0.3 is 5.32 Å². The minimum Gasteiger partial charge on any atom is -0.352 e. The van der Waals surface area contributed by atoms with Crippen molar-refractivity contribution in [3.8, 4) is 0 Å². The number of rotatable bonds is 6. The minimum atomic E-state index is -0.0841. The number of benzene rings is 1. The summed E-state index contributed by atoms with van der Waals surface area (Å²) in [6.07, 6.45) is 4.62. The average Bonchev–Trinajstić information content (AvgIpc) is 2.64. The number of thioether (sulfide) groups is 1. The first-order chi connectivity index (χ1) is 13.3. The molecule has 1 aromatic heterocycles. The first-order valence-electron chi connectivity index (χ1n) is 9.97. The van der Waals surface area contributed by atoms with Crippen LogP contribution in [0.3, 0.4) is 0 Å². The highest BCUT2D eigenvalue weighted by molar-refractivity contribution is 7.99. The van der Waals surface area contributed by atoms with Gasteiger partial charge in [0, 0.05) is 17.6 Å². The van der Waals surface area contributed by atoms with E-state index < -0.39 is 0 Å². The topological polar surface area (TPSA) is 64.0 Å². The van der Waals surface area contributed by atoms with E-state index in [1.54, 1.807) is 22.8 Å². The molecule has 1 fully saturated rings. The Bertz CT molecular complexity index is 912. The summed E-state index contributed by atoms with van der Waals surface area (Å²) in [6, 6.07) is 5.38. The van der Waals surface area contributed by atoms with E-state index in [0.29, 0.717) is 39.5 Å². The van der Waals surface area contributed by atoms with E-state index >= 15 is 0 Å². The first kappa shape index (κ1) is 21.2. The molecule has 1 N–H and O–H groups in total. The highest BCUT2D eigenvalue weighted by atomic mass is 35.5. The Morgan fingerprint density at radius 1 is 1.36 bits per heavy atom. The van der Waals surface area contributed by atoms with Gasteiger partial charge in [-0.1, -0.05) is 57.0 Å². The Morgan fingerprint density at radius 2 is 2.11 bits per heavy atom. The van der Waals surface area contributed by atoms with Crippen molar-refractivity contribution < 1.29 is 4.79 Å². The highest BCUT2D eigenvalue weighted by Crippen LogP contribution is 2.25. The second-order valence-corrected chi connectivity index (χ2v) is 9.47. The molecule has 3 rings (SSSR count). The molecule has 2 aromatic rings. The van der Waals surface area contributed by atoms with E-state index in [2.05, 4.69) is 31.1 Å². The van der Waals surface area contributed by atoms with Crippen LogP contribution in [0.25, 0.3) is 10.9 Å². The second-order valence-electron chi connectivity index (χ2n) is 8.09. The molecule has 2 atom stereocenters. The fourth-order valence-electron chi connectivity index (χ4n) is 3.72. The van der Waals surface area contributed by atoms with Crippen LogP contribution in [0.2, 0.25) is 5.02 Å². The number of aromatic nitrogens is 2. The molecule has 1 amide bonds. The SMILES string of the molecule is CC(C)Cn1c(SCC(=O)NC2CCCCC2C)nc2cc(Cl)ccc2c1=O. The normalized spacial score (nSPS) is 19.9. The lowest BCUT2D eigenvalue weighted by Crippen LogP contribution is -2.42. The van der Waals surface area contributed by atoms with Crippen molar-refractivity contribution in [3.05, 3.63) is 33.6 Å². The maximum absolute atomic E-state index is 13.0. The van der Waals surface area contributed by atoms with E-state index in [1.165, 1.54) is 31.0 Å². The molecule has 1 heterocycles. The van der Waals surface area contributed by atoms with Gasteiger partial charge in [0.1, 0.15) is 0 Å². The molecule has 5 nitrogen and oxygen atoms in total. The van der Waals surface area contributed by atoms with Gasteiger partial charge in [-0.3, -0.25) is 14.2 Å². The van der Waals surface area contributed by atoms with Gasteiger partial charge >= 0.3 is 0 Å². The second kappa shape index (κ2) is 9.31. The molecule has 0 radical (unpaired) electrons. The highest BCUT2D eigenvalue weighted by Gasteiger charge is 2.23. The number of nitrogens with zero attached hydrogens (tertiary/aromatic N) is 2. The molecule has 0 aliphatic heterocycles. The third-order valence-electron chi connectivity index (χ3n) is 5.22. The van der Waals surface area contributed by atoms with Gasteiger partial charge in [-0.15, -0.1) is 0 Å². The Hall–Kier alpha value is -1.53. The zero-order valence-corrected chi connectivity index (χ0v) is 18.3. The average molecular weight is 422 g/mol. The predicted octanol–water partition coefficient (Wildman–Crippen LogP) is 4.49. The monoisotopic (exact) mass is 421 g/mol. The number of fused-ring (bicyclic) bond motifs is 1. The lowest BCUT2D eigenvalue weighted by atomic mass is 9.86. The van der Waals surface area contributed by atoms with Gasteiger partial charge in [0.2, 0.25) is 5.91 Å². The number of carbonyl (C=O) groups is 1. The van der Waals surface area contributed by atoms with Crippen LogP contribution in [0.1, 0.15) is 46.5 Å². The molecular formula is C21H28ClN3O2S. The Balaban J connectivity index is 1.80. The van der Waals surface area contributed by atoms with Crippen LogP contribution in [0.4, 0.5) is 0 Å². The standard InChI is InChI=1S/C21H28ClN3O2S/c1-13(2)11-25-20(27)16-9-8-15(22)10-18(16)24-21(25)28-12-19(26)23-17-7-5-4-6-14(17)3/h8-10,13-14,17H,4-7,11-12H2,1-3H3,(H,23,26). The van der Waals surface area contributed by atoms with Gasteiger partial charge in [-0.05, 0) is 42.9 Å². The lowest BCUT2D eigenvalue weighted by Gasteiger charge is -2.29. The molecule has 1 aromatic carbocycles. The third kappa shape index (κ3) is 5.09. The summed E-state index contributed by atoms with van der Waals surface area (Å²) in [5.74, 6) is 1.06. The quantitative estimate of drug-likeness (QED) is 0.551. The summed E-state index contributed by atoms with van der Waals surface area (Å²) < 4.78 is 1.68. The summed E-state index contributed by atoms with van der Waals surface area (Å²) >= 11 is 7.40. The number of carbonyl (C=O) groups excluding carboxylic acids is 1. The Labute approximate surface area is 175 Å². The zero-order valence-electron chi connectivity index (χ0n) is 16.7. The summed E-state index contributed by atoms with van der Waals surface area (Å²) in [5, 5.41) is 4.83. The predicted molar refractivity (Wildman–Crippen MR) is 116 cm³/mol. The number of hydrogen-bond acceptors (Lipinski definition) is 4. The van der Waals surface area contributed by atoms with Gasteiger partial charge in [-0.25, -0.2) is 4.98 Å². The molecule has 0 bridgehead atoms. The van der Waals surface area contributed by atoms with Crippen molar-refractivity contribution in [2.24, 2.45) is 11.8 Å². The number of halogens is 1. The van der Waals surface area contributed by atoms with Crippen molar-refractivity contribution in [2.45, 2.75) is 64.2 Å². The molecule has 0 saturated heterocycles. The molecule has 0 spiro atoms. The number of hydrogen-bond donors (Lipinski definition) is 1. The van der Waals surface area contributed by atoms with Gasteiger partial charge in [-0.2, -0.15) is 0 Å². The molecule has 2 unspecified atom stereocenters. The first-order valence-corrected chi connectivity index (χ1v) is 11.3. The van der Waals surface area contributed by atoms with E-state index in [0.717, 1.165) is 6.42 Å². The van der Waals surface area contributed by atoms with Crippen LogP contribution in [0.15, 0.2) is 28.2 Å². The molecule has 7 heteroatoms. The number of nitrogens with one attached hydrogen (secondary N) is 1. The van der Waals surface area contributed by atoms with Crippen LogP contribution in [0.5, 0.6) is 0 Å². The third-order valence-corrected chi connectivity index (χ3v) is 6.43. The summed E-state index contributed by atoms with van der Waals surface area (Å²) in [7, 11) is 0. The smallest absolute Gasteiger partial charge is 0.262 e. The minimum absolute atomic E-state index is 0.000266. The van der Waals surface area contributed by atoms with E-state index in [-0.39, 0.29) is 23.3 Å². The van der Waals surface area contributed by atoms with Crippen LogP contribution in [-0.4, -0.2) is 27.3 Å². The van der Waals surface area contributed by atoms with Crippen molar-refractivity contribution in [1.29, 1.82) is 0 Å². The zero-order chi connectivity index (χ0) is 20.3. The molecular weight excluding hydrogens is 394 g/mol. The van der Waals surface area contributed by atoms with Crippen molar-refractivity contribution in [3.63, 3.8) is 0 Å².